The Hall–Kier alpha value is -3.12. The number of hydrogen-bond acceptors (Lipinski definition) is 4. The molecule has 162 valence electrons. The molecule has 0 aliphatic rings. The van der Waals surface area contributed by atoms with E-state index >= 15 is 0 Å². The minimum absolute atomic E-state index is 0.000635. The zero-order valence-corrected chi connectivity index (χ0v) is 19.0. The highest BCUT2D eigenvalue weighted by Crippen LogP contribution is 2.24. The molecule has 1 N–H and O–H groups in total. The van der Waals surface area contributed by atoms with Gasteiger partial charge in [0.05, 0.1) is 11.5 Å². The summed E-state index contributed by atoms with van der Waals surface area (Å²) in [6.07, 6.45) is 0. The first-order chi connectivity index (χ1) is 14.6. The number of sulfonamides is 1. The number of benzene rings is 3. The van der Waals surface area contributed by atoms with E-state index in [0.29, 0.717) is 29.2 Å². The van der Waals surface area contributed by atoms with Crippen molar-refractivity contribution in [3.05, 3.63) is 89.5 Å². The van der Waals surface area contributed by atoms with Gasteiger partial charge in [-0.1, -0.05) is 57.2 Å². The van der Waals surface area contributed by atoms with Gasteiger partial charge in [-0.15, -0.1) is 0 Å². The predicted octanol–water partition coefficient (Wildman–Crippen LogP) is 5.41. The molecule has 0 spiro atoms. The van der Waals surface area contributed by atoms with E-state index < -0.39 is 10.0 Å². The molecule has 3 aromatic rings. The number of rotatable bonds is 7. The van der Waals surface area contributed by atoms with Gasteiger partial charge in [0.25, 0.3) is 10.0 Å². The molecule has 3 aromatic carbocycles. The molecule has 0 fully saturated rings. The second-order valence-electron chi connectivity index (χ2n) is 8.25. The fourth-order valence-electron chi connectivity index (χ4n) is 3.11. The van der Waals surface area contributed by atoms with Crippen LogP contribution in [-0.4, -0.2) is 20.8 Å². The second kappa shape index (κ2) is 8.94. The summed E-state index contributed by atoms with van der Waals surface area (Å²) >= 11 is 0. The molecule has 0 amide bonds. The highest BCUT2D eigenvalue weighted by molar-refractivity contribution is 7.92. The summed E-state index contributed by atoms with van der Waals surface area (Å²) in [5, 5.41) is 0. The summed E-state index contributed by atoms with van der Waals surface area (Å²) in [7, 11) is -3.79. The molecule has 0 aliphatic heterocycles. The molecule has 3 rings (SSSR count). The van der Waals surface area contributed by atoms with Gasteiger partial charge in [0, 0.05) is 16.8 Å². The Morgan fingerprint density at radius 2 is 1.55 bits per heavy atom. The molecule has 0 radical (unpaired) electrons. The van der Waals surface area contributed by atoms with Crippen LogP contribution in [-0.2, 0) is 15.4 Å². The molecule has 0 unspecified atom stereocenters. The maximum atomic E-state index is 12.9. The van der Waals surface area contributed by atoms with Crippen LogP contribution in [0.2, 0.25) is 0 Å². The first-order valence-corrected chi connectivity index (χ1v) is 11.6. The highest BCUT2D eigenvalue weighted by atomic mass is 32.2. The quantitative estimate of drug-likeness (QED) is 0.501. The monoisotopic (exact) mass is 437 g/mol. The standard InChI is InChI=1S/C25H27NO4S/c1-5-30-22-13-15-23(16-14-22)31(28,29)26-21-8-6-7-19(17-21)24(27)18-9-11-20(12-10-18)25(2,3)4/h6-17,26H,5H2,1-4H3. The number of nitrogens with one attached hydrogen (secondary N) is 1. The largest absolute Gasteiger partial charge is 0.494 e. The van der Waals surface area contributed by atoms with E-state index in [1.54, 1.807) is 48.5 Å². The maximum absolute atomic E-state index is 12.9. The summed E-state index contributed by atoms with van der Waals surface area (Å²) in [6, 6.07) is 20.2. The lowest BCUT2D eigenvalue weighted by molar-refractivity contribution is 0.103. The average Bonchev–Trinajstić information content (AvgIpc) is 2.73. The topological polar surface area (TPSA) is 72.5 Å². The van der Waals surface area contributed by atoms with E-state index in [2.05, 4.69) is 25.5 Å². The number of carbonyl (C=O) groups is 1. The Morgan fingerprint density at radius 3 is 2.13 bits per heavy atom. The number of anilines is 1. The van der Waals surface area contributed by atoms with Gasteiger partial charge < -0.3 is 4.74 Å². The lowest BCUT2D eigenvalue weighted by Gasteiger charge is -2.19. The molecular formula is C25H27NO4S. The van der Waals surface area contributed by atoms with Crippen molar-refractivity contribution in [2.24, 2.45) is 0 Å². The van der Waals surface area contributed by atoms with Gasteiger partial charge in [-0.25, -0.2) is 8.42 Å². The van der Waals surface area contributed by atoms with Gasteiger partial charge in [-0.05, 0) is 54.3 Å². The van der Waals surface area contributed by atoms with Crippen LogP contribution in [0.5, 0.6) is 5.75 Å². The van der Waals surface area contributed by atoms with Crippen LogP contribution in [0.4, 0.5) is 5.69 Å². The molecule has 0 aromatic heterocycles. The third-order valence-corrected chi connectivity index (χ3v) is 6.23. The molecule has 31 heavy (non-hydrogen) atoms. The van der Waals surface area contributed by atoms with E-state index in [1.807, 2.05) is 19.1 Å². The van der Waals surface area contributed by atoms with Crippen molar-refractivity contribution < 1.29 is 17.9 Å². The molecule has 0 heterocycles. The van der Waals surface area contributed by atoms with Crippen LogP contribution in [0.15, 0.2) is 77.7 Å². The third-order valence-electron chi connectivity index (χ3n) is 4.84. The molecule has 0 aliphatic carbocycles. The van der Waals surface area contributed by atoms with Crippen LogP contribution in [0.1, 0.15) is 49.2 Å². The van der Waals surface area contributed by atoms with Crippen molar-refractivity contribution >= 4 is 21.5 Å². The maximum Gasteiger partial charge on any atom is 0.261 e. The minimum atomic E-state index is -3.79. The number of hydrogen-bond donors (Lipinski definition) is 1. The summed E-state index contributed by atoms with van der Waals surface area (Å²) < 4.78 is 33.3. The first-order valence-electron chi connectivity index (χ1n) is 10.1. The molecule has 0 saturated heterocycles. The van der Waals surface area contributed by atoms with Crippen molar-refractivity contribution in [2.45, 2.75) is 38.0 Å². The van der Waals surface area contributed by atoms with Crippen LogP contribution in [0.25, 0.3) is 0 Å². The zero-order chi connectivity index (χ0) is 22.6. The molecular weight excluding hydrogens is 410 g/mol. The Kier molecular flexibility index (Phi) is 6.51. The van der Waals surface area contributed by atoms with E-state index in [9.17, 15) is 13.2 Å². The Labute approximate surface area is 184 Å². The van der Waals surface area contributed by atoms with Crippen molar-refractivity contribution in [3.63, 3.8) is 0 Å². The van der Waals surface area contributed by atoms with Gasteiger partial charge in [-0.2, -0.15) is 0 Å². The van der Waals surface area contributed by atoms with Crippen LogP contribution in [0.3, 0.4) is 0 Å². The van der Waals surface area contributed by atoms with Crippen molar-refractivity contribution in [2.75, 3.05) is 11.3 Å². The van der Waals surface area contributed by atoms with Crippen LogP contribution < -0.4 is 9.46 Å². The molecule has 0 saturated carbocycles. The van der Waals surface area contributed by atoms with Crippen LogP contribution in [0, 0.1) is 0 Å². The second-order valence-corrected chi connectivity index (χ2v) is 9.93. The summed E-state index contributed by atoms with van der Waals surface area (Å²) in [6.45, 7) is 8.71. The minimum Gasteiger partial charge on any atom is -0.494 e. The van der Waals surface area contributed by atoms with Crippen LogP contribution >= 0.6 is 0 Å². The molecule has 5 nitrogen and oxygen atoms in total. The molecule has 6 heteroatoms. The van der Waals surface area contributed by atoms with Crippen molar-refractivity contribution in [1.29, 1.82) is 0 Å². The smallest absolute Gasteiger partial charge is 0.261 e. The predicted molar refractivity (Wildman–Crippen MR) is 123 cm³/mol. The fourth-order valence-corrected chi connectivity index (χ4v) is 4.16. The fraction of sp³-hybridized carbons (Fsp3) is 0.240. The first kappa shape index (κ1) is 22.6. The Bertz CT molecular complexity index is 1160. The van der Waals surface area contributed by atoms with E-state index in [1.165, 1.54) is 12.1 Å². The van der Waals surface area contributed by atoms with Crippen molar-refractivity contribution in [3.8, 4) is 5.75 Å². The lowest BCUT2D eigenvalue weighted by Crippen LogP contribution is -2.13. The normalized spacial score (nSPS) is 11.7. The number of carbonyl (C=O) groups excluding carboxylic acids is 1. The summed E-state index contributed by atoms with van der Waals surface area (Å²) in [5.74, 6) is 0.439. The number of ether oxygens (including phenoxy) is 1. The van der Waals surface area contributed by atoms with Gasteiger partial charge >= 0.3 is 0 Å². The molecule has 0 atom stereocenters. The summed E-state index contributed by atoms with van der Waals surface area (Å²) in [5.41, 5.74) is 2.43. The van der Waals surface area contributed by atoms with E-state index in [4.69, 9.17) is 4.74 Å². The van der Waals surface area contributed by atoms with E-state index in [0.717, 1.165) is 5.56 Å². The number of ketones is 1. The van der Waals surface area contributed by atoms with Crippen molar-refractivity contribution in [1.82, 2.24) is 0 Å². The van der Waals surface area contributed by atoms with E-state index in [-0.39, 0.29) is 16.1 Å². The van der Waals surface area contributed by atoms with Gasteiger partial charge in [0.2, 0.25) is 0 Å². The Morgan fingerprint density at radius 1 is 0.903 bits per heavy atom. The third kappa shape index (κ3) is 5.52. The average molecular weight is 438 g/mol. The highest BCUT2D eigenvalue weighted by Gasteiger charge is 2.17. The van der Waals surface area contributed by atoms with Gasteiger partial charge in [-0.3, -0.25) is 9.52 Å². The Balaban J connectivity index is 1.80. The molecule has 0 bridgehead atoms. The lowest BCUT2D eigenvalue weighted by atomic mass is 9.86. The zero-order valence-electron chi connectivity index (χ0n) is 18.2. The summed E-state index contributed by atoms with van der Waals surface area (Å²) in [4.78, 5) is 13.0. The SMILES string of the molecule is CCOc1ccc(S(=O)(=O)Nc2cccc(C(=O)c3ccc(C(C)(C)C)cc3)c2)cc1. The van der Waals surface area contributed by atoms with Gasteiger partial charge in [0.15, 0.2) is 5.78 Å². The van der Waals surface area contributed by atoms with Gasteiger partial charge in [0.1, 0.15) is 5.75 Å².